The molecule has 0 saturated carbocycles. The molecule has 2 heterocycles. The molecular weight excluding hydrogens is 546 g/mol. The van der Waals surface area contributed by atoms with Gasteiger partial charge in [-0.05, 0) is 61.7 Å². The summed E-state index contributed by atoms with van der Waals surface area (Å²) in [7, 11) is -3.02. The van der Waals surface area contributed by atoms with Gasteiger partial charge in [0, 0.05) is 6.42 Å². The Morgan fingerprint density at radius 2 is 1.54 bits per heavy atom. The van der Waals surface area contributed by atoms with Gasteiger partial charge >= 0.3 is 11.9 Å². The standard InChI is InChI=1S/C31H33NO8S/c1-5-38-28(33)31(29(34)39-6-2)30(26-10-8-7-9-23(26)20-40-30)19-27(22-13-15-24(37-4)16-14-22)32(31)41(35,36)25-17-11-21(3)12-18-25/h7-18,27H,5-6,19-20H2,1-4H3/t27-,30-/m0/s1. The van der Waals surface area contributed by atoms with Crippen LogP contribution in [0.25, 0.3) is 0 Å². The van der Waals surface area contributed by atoms with Crippen molar-refractivity contribution in [2.45, 2.75) is 55.9 Å². The van der Waals surface area contributed by atoms with Crippen molar-refractivity contribution >= 4 is 22.0 Å². The molecule has 3 aromatic rings. The average molecular weight is 580 g/mol. The highest BCUT2D eigenvalue weighted by Crippen LogP contribution is 2.62. The van der Waals surface area contributed by atoms with Crippen LogP contribution in [0.3, 0.4) is 0 Å². The summed E-state index contributed by atoms with van der Waals surface area (Å²) in [6.07, 6.45) is -0.0426. The van der Waals surface area contributed by atoms with E-state index in [9.17, 15) is 18.0 Å². The summed E-state index contributed by atoms with van der Waals surface area (Å²) in [6, 6.07) is 19.3. The zero-order valence-corrected chi connectivity index (χ0v) is 24.3. The number of methoxy groups -OCH3 is 1. The van der Waals surface area contributed by atoms with Crippen LogP contribution < -0.4 is 4.74 Å². The third-order valence-electron chi connectivity index (χ3n) is 7.83. The molecule has 2 aliphatic heterocycles. The molecule has 1 saturated heterocycles. The van der Waals surface area contributed by atoms with E-state index in [-0.39, 0.29) is 31.1 Å². The molecule has 0 aliphatic carbocycles. The molecule has 10 heteroatoms. The van der Waals surface area contributed by atoms with Crippen LogP contribution in [0.5, 0.6) is 5.75 Å². The van der Waals surface area contributed by atoms with Crippen molar-refractivity contribution in [3.8, 4) is 5.75 Å². The molecule has 216 valence electrons. The van der Waals surface area contributed by atoms with Crippen LogP contribution in [0.1, 0.15) is 48.6 Å². The van der Waals surface area contributed by atoms with Gasteiger partial charge in [0.05, 0.1) is 37.9 Å². The van der Waals surface area contributed by atoms with Crippen LogP contribution in [-0.4, -0.2) is 50.5 Å². The number of carbonyl (C=O) groups excluding carboxylic acids is 2. The smallest absolute Gasteiger partial charge is 0.342 e. The Labute approximate surface area is 240 Å². The number of aryl methyl sites for hydroxylation is 1. The van der Waals surface area contributed by atoms with E-state index >= 15 is 0 Å². The van der Waals surface area contributed by atoms with Crippen molar-refractivity contribution in [2.75, 3.05) is 20.3 Å². The largest absolute Gasteiger partial charge is 0.497 e. The maximum absolute atomic E-state index is 14.8. The molecule has 0 aromatic heterocycles. The molecule has 2 atom stereocenters. The van der Waals surface area contributed by atoms with E-state index in [0.29, 0.717) is 16.9 Å². The third kappa shape index (κ3) is 4.32. The van der Waals surface area contributed by atoms with E-state index in [1.54, 1.807) is 62.4 Å². The maximum atomic E-state index is 14.8. The zero-order chi connectivity index (χ0) is 29.4. The number of hydrogen-bond acceptors (Lipinski definition) is 8. The van der Waals surface area contributed by atoms with Crippen molar-refractivity contribution in [2.24, 2.45) is 0 Å². The lowest BCUT2D eigenvalue weighted by Gasteiger charge is -2.42. The predicted molar refractivity (Wildman–Crippen MR) is 149 cm³/mol. The van der Waals surface area contributed by atoms with E-state index in [1.807, 2.05) is 19.1 Å². The molecule has 9 nitrogen and oxygen atoms in total. The van der Waals surface area contributed by atoms with Gasteiger partial charge < -0.3 is 18.9 Å². The summed E-state index contributed by atoms with van der Waals surface area (Å²) < 4.78 is 53.4. The van der Waals surface area contributed by atoms with Crippen molar-refractivity contribution in [3.05, 3.63) is 95.1 Å². The second kappa shape index (κ2) is 10.9. The highest BCUT2D eigenvalue weighted by Gasteiger charge is 2.79. The van der Waals surface area contributed by atoms with Crippen molar-refractivity contribution in [1.82, 2.24) is 4.31 Å². The minimum Gasteiger partial charge on any atom is -0.497 e. The summed E-state index contributed by atoms with van der Waals surface area (Å²) in [5.41, 5.74) is -1.58. The Bertz CT molecular complexity index is 1530. The van der Waals surface area contributed by atoms with Gasteiger partial charge in [-0.3, -0.25) is 0 Å². The van der Waals surface area contributed by atoms with Crippen LogP contribution in [0.15, 0.2) is 77.7 Å². The Morgan fingerprint density at radius 1 is 0.927 bits per heavy atom. The van der Waals surface area contributed by atoms with Gasteiger partial charge in [-0.25, -0.2) is 18.0 Å². The summed E-state index contributed by atoms with van der Waals surface area (Å²) in [4.78, 5) is 28.6. The number of hydrogen-bond donors (Lipinski definition) is 0. The van der Waals surface area contributed by atoms with E-state index in [1.165, 1.54) is 19.2 Å². The van der Waals surface area contributed by atoms with Gasteiger partial charge in [0.25, 0.3) is 5.54 Å². The molecule has 0 bridgehead atoms. The van der Waals surface area contributed by atoms with Gasteiger partial charge in [-0.15, -0.1) is 0 Å². The molecule has 1 spiro atoms. The van der Waals surface area contributed by atoms with E-state index < -0.39 is 39.1 Å². The third-order valence-corrected chi connectivity index (χ3v) is 9.74. The fraction of sp³-hybridized carbons (Fsp3) is 0.355. The maximum Gasteiger partial charge on any atom is 0.342 e. The lowest BCUT2D eigenvalue weighted by molar-refractivity contribution is -0.190. The molecular formula is C31H33NO8S. The number of fused-ring (bicyclic) bond motifs is 2. The Kier molecular flexibility index (Phi) is 7.67. The fourth-order valence-electron chi connectivity index (χ4n) is 6.02. The van der Waals surface area contributed by atoms with E-state index in [0.717, 1.165) is 15.4 Å². The van der Waals surface area contributed by atoms with Gasteiger partial charge in [-0.2, -0.15) is 4.31 Å². The quantitative estimate of drug-likeness (QED) is 0.285. The topological polar surface area (TPSA) is 108 Å². The highest BCUT2D eigenvalue weighted by atomic mass is 32.2. The molecule has 5 rings (SSSR count). The van der Waals surface area contributed by atoms with Crippen LogP contribution in [-0.2, 0) is 46.0 Å². The van der Waals surface area contributed by atoms with Crippen LogP contribution >= 0.6 is 0 Å². The van der Waals surface area contributed by atoms with Crippen LogP contribution in [0, 0.1) is 6.92 Å². The minimum atomic E-state index is -4.55. The van der Waals surface area contributed by atoms with Gasteiger partial charge in [0.15, 0.2) is 0 Å². The number of carbonyl (C=O) groups is 2. The SMILES string of the molecule is CCOC(=O)C1(C(=O)OCC)N(S(=O)(=O)c2ccc(C)cc2)[C@H](c2ccc(OC)cc2)C[C@@]12OCc1ccccc12. The van der Waals surface area contributed by atoms with Gasteiger partial charge in [0.2, 0.25) is 10.0 Å². The summed E-state index contributed by atoms with van der Waals surface area (Å²) in [5.74, 6) is -1.54. The van der Waals surface area contributed by atoms with Crippen molar-refractivity contribution in [3.63, 3.8) is 0 Å². The second-order valence-electron chi connectivity index (χ2n) is 10.0. The Balaban J connectivity index is 1.89. The number of nitrogens with zero attached hydrogens (tertiary/aromatic N) is 1. The molecule has 0 radical (unpaired) electrons. The van der Waals surface area contributed by atoms with Crippen molar-refractivity contribution in [1.29, 1.82) is 0 Å². The zero-order valence-electron chi connectivity index (χ0n) is 23.5. The van der Waals surface area contributed by atoms with Gasteiger partial charge in [0.1, 0.15) is 11.4 Å². The van der Waals surface area contributed by atoms with E-state index in [4.69, 9.17) is 18.9 Å². The first kappa shape index (κ1) is 28.8. The number of rotatable bonds is 8. The Morgan fingerprint density at radius 3 is 2.12 bits per heavy atom. The molecule has 3 aromatic carbocycles. The van der Waals surface area contributed by atoms with Gasteiger partial charge in [-0.1, -0.05) is 54.1 Å². The lowest BCUT2D eigenvalue weighted by Crippen LogP contribution is -2.68. The fourth-order valence-corrected chi connectivity index (χ4v) is 7.91. The Hall–Kier alpha value is -3.73. The van der Waals surface area contributed by atoms with Crippen molar-refractivity contribution < 1.29 is 37.0 Å². The number of benzene rings is 3. The first-order chi connectivity index (χ1) is 19.7. The summed E-state index contributed by atoms with van der Waals surface area (Å²) >= 11 is 0. The number of esters is 2. The predicted octanol–water partition coefficient (Wildman–Crippen LogP) is 4.43. The summed E-state index contributed by atoms with van der Waals surface area (Å²) in [6.45, 7) is 4.92. The molecule has 41 heavy (non-hydrogen) atoms. The monoisotopic (exact) mass is 579 g/mol. The first-order valence-corrected chi connectivity index (χ1v) is 14.9. The highest BCUT2D eigenvalue weighted by molar-refractivity contribution is 7.89. The molecule has 0 amide bonds. The average Bonchev–Trinajstić information content (AvgIpc) is 3.51. The molecule has 1 fully saturated rings. The van der Waals surface area contributed by atoms with Crippen LogP contribution in [0.2, 0.25) is 0 Å². The minimum absolute atomic E-state index is 0.0426. The number of sulfonamides is 1. The molecule has 0 N–H and O–H groups in total. The van der Waals surface area contributed by atoms with E-state index in [2.05, 4.69) is 0 Å². The second-order valence-corrected chi connectivity index (χ2v) is 11.8. The first-order valence-electron chi connectivity index (χ1n) is 13.5. The molecule has 0 unspecified atom stereocenters. The molecule has 2 aliphatic rings. The number of ether oxygens (including phenoxy) is 4. The summed E-state index contributed by atoms with van der Waals surface area (Å²) in [5, 5.41) is 0. The lowest BCUT2D eigenvalue weighted by atomic mass is 9.74. The van der Waals surface area contributed by atoms with Crippen LogP contribution in [0.4, 0.5) is 0 Å². The normalized spacial score (nSPS) is 21.4.